The monoisotopic (exact) mass is 446 g/mol. The van der Waals surface area contributed by atoms with Gasteiger partial charge in [0.05, 0.1) is 13.1 Å². The van der Waals surface area contributed by atoms with Gasteiger partial charge in [-0.1, -0.05) is 97.8 Å². The number of benzene rings is 2. The Morgan fingerprint density at radius 3 is 1.30 bits per heavy atom. The SMILES string of the molecule is C/C=C/CCCCCC[N+](CCCCCC/C=C/C)(Cc1ccccc1)Cc1ccccc1. The van der Waals surface area contributed by atoms with Crippen molar-refractivity contribution in [2.75, 3.05) is 13.1 Å². The quantitative estimate of drug-likeness (QED) is 0.122. The van der Waals surface area contributed by atoms with Gasteiger partial charge in [-0.15, -0.1) is 0 Å². The van der Waals surface area contributed by atoms with Crippen LogP contribution in [0.5, 0.6) is 0 Å². The van der Waals surface area contributed by atoms with Crippen molar-refractivity contribution >= 4 is 0 Å². The molecule has 180 valence electrons. The van der Waals surface area contributed by atoms with Crippen LogP contribution in [0.1, 0.15) is 89.2 Å². The summed E-state index contributed by atoms with van der Waals surface area (Å²) in [7, 11) is 0. The summed E-state index contributed by atoms with van der Waals surface area (Å²) >= 11 is 0. The highest BCUT2D eigenvalue weighted by atomic mass is 15.3. The highest BCUT2D eigenvalue weighted by Gasteiger charge is 2.27. The molecule has 2 rings (SSSR count). The third-order valence-electron chi connectivity index (χ3n) is 6.70. The van der Waals surface area contributed by atoms with E-state index in [2.05, 4.69) is 98.8 Å². The fourth-order valence-electron chi connectivity index (χ4n) is 4.88. The molecule has 0 saturated carbocycles. The minimum absolute atomic E-state index is 1.15. The molecule has 0 saturated heterocycles. The first-order chi connectivity index (χ1) is 16.3. The number of nitrogens with zero attached hydrogens (tertiary/aromatic N) is 1. The van der Waals surface area contributed by atoms with E-state index in [1.165, 1.54) is 92.9 Å². The molecule has 0 amide bonds. The summed E-state index contributed by atoms with van der Waals surface area (Å²) < 4.78 is 1.19. The van der Waals surface area contributed by atoms with Gasteiger partial charge in [-0.25, -0.2) is 0 Å². The van der Waals surface area contributed by atoms with E-state index in [1.54, 1.807) is 0 Å². The van der Waals surface area contributed by atoms with Gasteiger partial charge in [0.25, 0.3) is 0 Å². The van der Waals surface area contributed by atoms with Gasteiger partial charge in [-0.2, -0.15) is 0 Å². The molecule has 0 aliphatic heterocycles. The van der Waals surface area contributed by atoms with E-state index in [9.17, 15) is 0 Å². The second-order valence-corrected chi connectivity index (χ2v) is 9.62. The Morgan fingerprint density at radius 2 is 0.909 bits per heavy atom. The summed E-state index contributed by atoms with van der Waals surface area (Å²) in [6, 6.07) is 22.4. The van der Waals surface area contributed by atoms with Crippen LogP contribution in [0, 0.1) is 0 Å². The molecule has 0 aliphatic rings. The average molecular weight is 447 g/mol. The predicted octanol–water partition coefficient (Wildman–Crippen LogP) is 9.26. The minimum atomic E-state index is 1.15. The minimum Gasteiger partial charge on any atom is -0.316 e. The molecule has 1 heteroatoms. The molecule has 0 N–H and O–H groups in total. The first-order valence-corrected chi connectivity index (χ1v) is 13.4. The number of allylic oxidation sites excluding steroid dienone is 4. The first kappa shape index (κ1) is 27.1. The second-order valence-electron chi connectivity index (χ2n) is 9.62. The van der Waals surface area contributed by atoms with Crippen LogP contribution in [0.3, 0.4) is 0 Å². The summed E-state index contributed by atoms with van der Waals surface area (Å²) in [6.45, 7) is 9.11. The fourth-order valence-corrected chi connectivity index (χ4v) is 4.88. The molecule has 2 aromatic rings. The Labute approximate surface area is 204 Å². The van der Waals surface area contributed by atoms with Crippen LogP contribution in [0.2, 0.25) is 0 Å². The maximum absolute atomic E-state index is 2.33. The Balaban J connectivity index is 2.05. The Morgan fingerprint density at radius 1 is 0.515 bits per heavy atom. The molecule has 0 spiro atoms. The van der Waals surface area contributed by atoms with Crippen LogP contribution in [0.4, 0.5) is 0 Å². The van der Waals surface area contributed by atoms with E-state index in [0.29, 0.717) is 0 Å². The van der Waals surface area contributed by atoms with E-state index in [1.807, 2.05) is 0 Å². The lowest BCUT2D eigenvalue weighted by Crippen LogP contribution is -2.48. The Hall–Kier alpha value is -2.12. The van der Waals surface area contributed by atoms with Crippen LogP contribution in [-0.4, -0.2) is 17.6 Å². The van der Waals surface area contributed by atoms with Gasteiger partial charge in [0.2, 0.25) is 0 Å². The van der Waals surface area contributed by atoms with E-state index < -0.39 is 0 Å². The molecule has 2 aromatic carbocycles. The highest BCUT2D eigenvalue weighted by Crippen LogP contribution is 2.24. The van der Waals surface area contributed by atoms with Gasteiger partial charge < -0.3 is 4.48 Å². The van der Waals surface area contributed by atoms with Crippen molar-refractivity contribution in [3.05, 3.63) is 96.1 Å². The van der Waals surface area contributed by atoms with Crippen molar-refractivity contribution in [3.8, 4) is 0 Å². The van der Waals surface area contributed by atoms with Crippen molar-refractivity contribution in [2.45, 2.75) is 91.1 Å². The van der Waals surface area contributed by atoms with Gasteiger partial charge in [0.1, 0.15) is 13.1 Å². The lowest BCUT2D eigenvalue weighted by Gasteiger charge is -2.39. The number of unbranched alkanes of at least 4 members (excludes halogenated alkanes) is 8. The number of hydrogen-bond donors (Lipinski definition) is 0. The summed E-state index contributed by atoms with van der Waals surface area (Å²) in [5, 5.41) is 0. The average Bonchev–Trinajstić information content (AvgIpc) is 2.84. The third kappa shape index (κ3) is 12.1. The maximum Gasteiger partial charge on any atom is 0.105 e. The number of rotatable bonds is 18. The maximum atomic E-state index is 2.33. The zero-order valence-electron chi connectivity index (χ0n) is 21.4. The molecule has 0 aliphatic carbocycles. The van der Waals surface area contributed by atoms with Gasteiger partial charge in [-0.3, -0.25) is 0 Å². The molecule has 0 fully saturated rings. The highest BCUT2D eigenvalue weighted by molar-refractivity contribution is 5.15. The van der Waals surface area contributed by atoms with Crippen LogP contribution in [0.15, 0.2) is 85.0 Å². The molecule has 0 heterocycles. The first-order valence-electron chi connectivity index (χ1n) is 13.4. The molecule has 0 atom stereocenters. The Bertz CT molecular complexity index is 692. The molecule has 0 aromatic heterocycles. The van der Waals surface area contributed by atoms with Gasteiger partial charge in [-0.05, 0) is 65.2 Å². The van der Waals surface area contributed by atoms with Crippen LogP contribution >= 0.6 is 0 Å². The molecule has 0 radical (unpaired) electrons. The molecule has 1 nitrogen and oxygen atoms in total. The molecular formula is C32H48N+. The topological polar surface area (TPSA) is 0 Å². The standard InChI is InChI=1S/C32H48N/c1-3-5-7-9-11-13-21-27-33(29-31-23-17-15-18-24-31,30-32-25-19-16-20-26-32)28-22-14-12-10-8-6-4-2/h3-6,15-20,23-26H,7-14,21-22,27-30H2,1-2H3/q+1/b5-3+,6-4+. The zero-order chi connectivity index (χ0) is 23.5. The van der Waals surface area contributed by atoms with E-state index in [0.717, 1.165) is 13.1 Å². The van der Waals surface area contributed by atoms with E-state index in [4.69, 9.17) is 0 Å². The fraction of sp³-hybridized carbons (Fsp3) is 0.500. The van der Waals surface area contributed by atoms with Crippen molar-refractivity contribution in [1.82, 2.24) is 0 Å². The van der Waals surface area contributed by atoms with Gasteiger partial charge in [0.15, 0.2) is 0 Å². The summed E-state index contributed by atoms with van der Waals surface area (Å²) in [6.07, 6.45) is 22.2. The van der Waals surface area contributed by atoms with Crippen molar-refractivity contribution < 1.29 is 4.48 Å². The largest absolute Gasteiger partial charge is 0.316 e. The summed E-state index contributed by atoms with van der Waals surface area (Å²) in [5.41, 5.74) is 2.96. The van der Waals surface area contributed by atoms with Crippen LogP contribution < -0.4 is 0 Å². The number of quaternary nitrogens is 1. The molecular weight excluding hydrogens is 398 g/mol. The molecule has 0 unspecified atom stereocenters. The van der Waals surface area contributed by atoms with Crippen molar-refractivity contribution in [1.29, 1.82) is 0 Å². The molecule has 0 bridgehead atoms. The van der Waals surface area contributed by atoms with Crippen LogP contribution in [-0.2, 0) is 13.1 Å². The normalized spacial score (nSPS) is 12.2. The predicted molar refractivity (Wildman–Crippen MR) is 146 cm³/mol. The van der Waals surface area contributed by atoms with Crippen LogP contribution in [0.25, 0.3) is 0 Å². The summed E-state index contributed by atoms with van der Waals surface area (Å²) in [5.74, 6) is 0. The lowest BCUT2D eigenvalue weighted by atomic mass is 10.0. The lowest BCUT2D eigenvalue weighted by molar-refractivity contribution is -0.954. The smallest absolute Gasteiger partial charge is 0.105 e. The van der Waals surface area contributed by atoms with Gasteiger partial charge >= 0.3 is 0 Å². The molecule has 33 heavy (non-hydrogen) atoms. The van der Waals surface area contributed by atoms with Crippen molar-refractivity contribution in [3.63, 3.8) is 0 Å². The summed E-state index contributed by atoms with van der Waals surface area (Å²) in [4.78, 5) is 0. The van der Waals surface area contributed by atoms with Gasteiger partial charge in [0, 0.05) is 11.1 Å². The third-order valence-corrected chi connectivity index (χ3v) is 6.70. The van der Waals surface area contributed by atoms with E-state index in [-0.39, 0.29) is 0 Å². The zero-order valence-corrected chi connectivity index (χ0v) is 21.4. The van der Waals surface area contributed by atoms with E-state index >= 15 is 0 Å². The van der Waals surface area contributed by atoms with Crippen molar-refractivity contribution in [2.24, 2.45) is 0 Å². The second kappa shape index (κ2) is 17.4. The Kier molecular flexibility index (Phi) is 14.3. The number of hydrogen-bond acceptors (Lipinski definition) is 0.